The molecule has 2 aromatic rings. The third-order valence-corrected chi connectivity index (χ3v) is 3.15. The molecule has 0 saturated carbocycles. The molecule has 1 N–H and O–H groups in total. The van der Waals surface area contributed by atoms with Crippen LogP contribution in [0.5, 0.6) is 5.75 Å². The summed E-state index contributed by atoms with van der Waals surface area (Å²) < 4.78 is 5.60. The number of aromatic nitrogens is 1. The van der Waals surface area contributed by atoms with E-state index in [1.165, 1.54) is 6.20 Å². The zero-order chi connectivity index (χ0) is 14.7. The monoisotopic (exact) mass is 311 g/mol. The molecule has 1 heterocycles. The van der Waals surface area contributed by atoms with E-state index in [1.807, 2.05) is 26.0 Å². The Labute approximate surface area is 128 Å². The van der Waals surface area contributed by atoms with Gasteiger partial charge in [-0.15, -0.1) is 0 Å². The normalized spacial score (nSPS) is 12.5. The van der Waals surface area contributed by atoms with E-state index in [0.717, 1.165) is 0 Å². The van der Waals surface area contributed by atoms with Crippen LogP contribution >= 0.6 is 23.2 Å². The maximum Gasteiger partial charge on any atom is 0.123 e. The molecule has 1 aromatic carbocycles. The van der Waals surface area contributed by atoms with Gasteiger partial charge >= 0.3 is 0 Å². The van der Waals surface area contributed by atoms with Gasteiger partial charge in [-0.3, -0.25) is 4.98 Å². The van der Waals surface area contributed by atoms with Crippen molar-refractivity contribution in [2.75, 3.05) is 0 Å². The largest absolute Gasteiger partial charge is 0.491 e. The quantitative estimate of drug-likeness (QED) is 0.917. The van der Waals surface area contributed by atoms with Gasteiger partial charge in [-0.25, -0.2) is 0 Å². The topological polar surface area (TPSA) is 42.4 Å². The van der Waals surface area contributed by atoms with Gasteiger partial charge in [0.25, 0.3) is 0 Å². The van der Waals surface area contributed by atoms with Gasteiger partial charge in [0.1, 0.15) is 11.9 Å². The van der Waals surface area contributed by atoms with Gasteiger partial charge in [0.2, 0.25) is 0 Å². The van der Waals surface area contributed by atoms with E-state index >= 15 is 0 Å². The van der Waals surface area contributed by atoms with Crippen LogP contribution in [-0.4, -0.2) is 16.2 Å². The minimum Gasteiger partial charge on any atom is -0.491 e. The number of aliphatic hydroxyl groups is 1. The molecule has 0 aliphatic carbocycles. The van der Waals surface area contributed by atoms with Crippen LogP contribution in [-0.2, 0) is 0 Å². The van der Waals surface area contributed by atoms with Crippen LogP contribution in [0.15, 0.2) is 36.5 Å². The second-order valence-corrected chi connectivity index (χ2v) is 5.51. The van der Waals surface area contributed by atoms with Gasteiger partial charge in [-0.2, -0.15) is 0 Å². The number of rotatable bonds is 4. The summed E-state index contributed by atoms with van der Waals surface area (Å²) in [4.78, 5) is 4.09. The highest BCUT2D eigenvalue weighted by atomic mass is 35.5. The van der Waals surface area contributed by atoms with Crippen LogP contribution < -0.4 is 4.74 Å². The SMILES string of the molecule is CC(C)Oc1cccc(C(O)c2ncc(Cl)cc2Cl)c1. The van der Waals surface area contributed by atoms with E-state index in [0.29, 0.717) is 27.1 Å². The van der Waals surface area contributed by atoms with Crippen molar-refractivity contribution >= 4 is 23.2 Å². The Morgan fingerprint density at radius 1 is 1.20 bits per heavy atom. The molecule has 3 nitrogen and oxygen atoms in total. The second kappa shape index (κ2) is 6.44. The molecule has 0 aliphatic rings. The highest BCUT2D eigenvalue weighted by molar-refractivity contribution is 6.34. The summed E-state index contributed by atoms with van der Waals surface area (Å²) in [5.74, 6) is 0.696. The zero-order valence-corrected chi connectivity index (χ0v) is 12.7. The third-order valence-electron chi connectivity index (χ3n) is 2.64. The molecule has 0 saturated heterocycles. The minimum atomic E-state index is -0.921. The summed E-state index contributed by atoms with van der Waals surface area (Å²) in [5, 5.41) is 11.1. The molecule has 1 unspecified atom stereocenters. The van der Waals surface area contributed by atoms with Crippen LogP contribution in [0, 0.1) is 0 Å². The first-order valence-corrected chi connectivity index (χ1v) is 6.98. The molecule has 5 heteroatoms. The molecule has 0 aliphatic heterocycles. The molecule has 1 atom stereocenters. The molecular formula is C15H15Cl2NO2. The minimum absolute atomic E-state index is 0.0691. The Morgan fingerprint density at radius 3 is 2.60 bits per heavy atom. The van der Waals surface area contributed by atoms with Crippen molar-refractivity contribution in [3.05, 3.63) is 57.8 Å². The van der Waals surface area contributed by atoms with Gasteiger partial charge in [0, 0.05) is 6.20 Å². The predicted octanol–water partition coefficient (Wildman–Crippen LogP) is 4.26. The van der Waals surface area contributed by atoms with Crippen molar-refractivity contribution in [1.82, 2.24) is 4.98 Å². The average Bonchev–Trinajstić information content (AvgIpc) is 2.37. The molecule has 0 bridgehead atoms. The van der Waals surface area contributed by atoms with Crippen LogP contribution in [0.25, 0.3) is 0 Å². The Morgan fingerprint density at radius 2 is 1.95 bits per heavy atom. The summed E-state index contributed by atoms with van der Waals surface area (Å²) >= 11 is 11.9. The molecule has 106 valence electrons. The summed E-state index contributed by atoms with van der Waals surface area (Å²) in [6.07, 6.45) is 0.607. The Balaban J connectivity index is 2.30. The fraction of sp³-hybridized carbons (Fsp3) is 0.267. The molecule has 0 spiro atoms. The Bertz CT molecular complexity index is 602. The van der Waals surface area contributed by atoms with Crippen LogP contribution in [0.1, 0.15) is 31.2 Å². The van der Waals surface area contributed by atoms with E-state index in [4.69, 9.17) is 27.9 Å². The standard InChI is InChI=1S/C15H15Cl2NO2/c1-9(2)20-12-5-3-4-10(6-12)15(19)14-13(17)7-11(16)8-18-14/h3-9,15,19H,1-2H3. The number of nitrogens with zero attached hydrogens (tertiary/aromatic N) is 1. The highest BCUT2D eigenvalue weighted by Crippen LogP contribution is 2.30. The van der Waals surface area contributed by atoms with Gasteiger partial charge in [0.15, 0.2) is 0 Å². The third kappa shape index (κ3) is 3.63. The van der Waals surface area contributed by atoms with Gasteiger partial charge in [-0.05, 0) is 37.6 Å². The summed E-state index contributed by atoms with van der Waals surface area (Å²) in [6, 6.07) is 8.79. The van der Waals surface area contributed by atoms with E-state index in [-0.39, 0.29) is 6.10 Å². The number of aliphatic hydroxyl groups excluding tert-OH is 1. The van der Waals surface area contributed by atoms with Crippen molar-refractivity contribution < 1.29 is 9.84 Å². The number of hydrogen-bond acceptors (Lipinski definition) is 3. The van der Waals surface area contributed by atoms with Crippen LogP contribution in [0.4, 0.5) is 0 Å². The zero-order valence-electron chi connectivity index (χ0n) is 11.2. The average molecular weight is 312 g/mol. The van der Waals surface area contributed by atoms with Crippen molar-refractivity contribution in [2.45, 2.75) is 26.1 Å². The van der Waals surface area contributed by atoms with Crippen molar-refractivity contribution in [1.29, 1.82) is 0 Å². The maximum atomic E-state index is 10.4. The number of hydrogen-bond donors (Lipinski definition) is 1. The molecule has 2 rings (SSSR count). The molecule has 1 aromatic heterocycles. The lowest BCUT2D eigenvalue weighted by atomic mass is 10.1. The van der Waals surface area contributed by atoms with E-state index in [9.17, 15) is 5.11 Å². The second-order valence-electron chi connectivity index (χ2n) is 4.66. The van der Waals surface area contributed by atoms with Gasteiger partial charge in [-0.1, -0.05) is 35.3 Å². The first-order valence-electron chi connectivity index (χ1n) is 6.23. The van der Waals surface area contributed by atoms with Crippen molar-refractivity contribution in [3.8, 4) is 5.75 Å². The molecule has 0 radical (unpaired) electrons. The lowest BCUT2D eigenvalue weighted by Crippen LogP contribution is -2.07. The summed E-state index contributed by atoms with van der Waals surface area (Å²) in [7, 11) is 0. The fourth-order valence-corrected chi connectivity index (χ4v) is 2.30. The number of ether oxygens (including phenoxy) is 1. The number of halogens is 2. The summed E-state index contributed by atoms with van der Waals surface area (Å²) in [6.45, 7) is 3.89. The Kier molecular flexibility index (Phi) is 4.86. The smallest absolute Gasteiger partial charge is 0.123 e. The Hall–Kier alpha value is -1.29. The number of pyridine rings is 1. The first-order chi connectivity index (χ1) is 9.47. The lowest BCUT2D eigenvalue weighted by Gasteiger charge is -2.15. The van der Waals surface area contributed by atoms with Gasteiger partial charge < -0.3 is 9.84 Å². The molecule has 20 heavy (non-hydrogen) atoms. The van der Waals surface area contributed by atoms with Crippen LogP contribution in [0.3, 0.4) is 0 Å². The van der Waals surface area contributed by atoms with E-state index < -0.39 is 6.10 Å². The van der Waals surface area contributed by atoms with E-state index in [2.05, 4.69) is 4.98 Å². The van der Waals surface area contributed by atoms with E-state index in [1.54, 1.807) is 18.2 Å². The van der Waals surface area contributed by atoms with Crippen molar-refractivity contribution in [3.63, 3.8) is 0 Å². The highest BCUT2D eigenvalue weighted by Gasteiger charge is 2.16. The molecule has 0 fully saturated rings. The van der Waals surface area contributed by atoms with Crippen LogP contribution in [0.2, 0.25) is 10.0 Å². The molecular weight excluding hydrogens is 297 g/mol. The fourth-order valence-electron chi connectivity index (χ4n) is 1.81. The predicted molar refractivity (Wildman–Crippen MR) is 80.5 cm³/mol. The first kappa shape index (κ1) is 15.1. The number of benzene rings is 1. The lowest BCUT2D eigenvalue weighted by molar-refractivity contribution is 0.212. The maximum absolute atomic E-state index is 10.4. The molecule has 0 amide bonds. The summed E-state index contributed by atoms with van der Waals surface area (Å²) in [5.41, 5.74) is 1.04. The van der Waals surface area contributed by atoms with Crippen molar-refractivity contribution in [2.24, 2.45) is 0 Å². The van der Waals surface area contributed by atoms with Gasteiger partial charge in [0.05, 0.1) is 21.8 Å².